The molecule has 0 amide bonds. The molecule has 0 atom stereocenters. The van der Waals surface area contributed by atoms with Gasteiger partial charge in [-0.2, -0.15) is 0 Å². The van der Waals surface area contributed by atoms with Crippen LogP contribution in [0.15, 0.2) is 23.4 Å². The normalized spacial score (nSPS) is 20.2. The van der Waals surface area contributed by atoms with E-state index in [1.807, 2.05) is 0 Å². The van der Waals surface area contributed by atoms with Crippen LogP contribution in [0.5, 0.6) is 0 Å². The summed E-state index contributed by atoms with van der Waals surface area (Å²) in [4.78, 5) is 0. The highest BCUT2D eigenvalue weighted by atomic mass is 16.3. The Morgan fingerprint density at radius 1 is 1.20 bits per heavy atom. The Kier molecular flexibility index (Phi) is 2.68. The van der Waals surface area contributed by atoms with Crippen LogP contribution in [0.25, 0.3) is 5.57 Å². The maximum absolute atomic E-state index is 9.97. The number of aryl methyl sites for hydroxylation is 2. The zero-order valence-electron chi connectivity index (χ0n) is 13.3. The Hall–Kier alpha value is -1.55. The van der Waals surface area contributed by atoms with Crippen molar-refractivity contribution in [2.75, 3.05) is 6.61 Å². The summed E-state index contributed by atoms with van der Waals surface area (Å²) in [6.07, 6.45) is 1.32. The van der Waals surface area contributed by atoms with Crippen molar-refractivity contribution in [1.82, 2.24) is 4.48 Å². The SMILES string of the molecule is CC1=CC(C)=[N+]2C1=C(CO)c1c(C)cc(C)n1[B-]2(C)C. The van der Waals surface area contributed by atoms with Crippen molar-refractivity contribution in [1.29, 1.82) is 0 Å². The van der Waals surface area contributed by atoms with Crippen molar-refractivity contribution in [3.8, 4) is 0 Å². The summed E-state index contributed by atoms with van der Waals surface area (Å²) < 4.78 is 4.83. The number of hydrogen-bond donors (Lipinski definition) is 1. The van der Waals surface area contributed by atoms with E-state index in [1.165, 1.54) is 33.9 Å². The number of aliphatic hydroxyl groups is 1. The van der Waals surface area contributed by atoms with E-state index in [2.05, 4.69) is 62.4 Å². The highest BCUT2D eigenvalue weighted by Gasteiger charge is 2.44. The lowest BCUT2D eigenvalue weighted by Crippen LogP contribution is -2.53. The number of hydrogen-bond acceptors (Lipinski definition) is 1. The number of fused-ring (bicyclic) bond motifs is 2. The fourth-order valence-corrected chi connectivity index (χ4v) is 4.41. The molecule has 3 rings (SSSR count). The predicted molar refractivity (Wildman–Crippen MR) is 85.5 cm³/mol. The predicted octanol–water partition coefficient (Wildman–Crippen LogP) is 2.81. The third-order valence-corrected chi connectivity index (χ3v) is 4.83. The van der Waals surface area contributed by atoms with Crippen molar-refractivity contribution < 1.29 is 9.59 Å². The molecule has 0 saturated heterocycles. The molecule has 20 heavy (non-hydrogen) atoms. The van der Waals surface area contributed by atoms with Gasteiger partial charge in [0.15, 0.2) is 5.70 Å². The van der Waals surface area contributed by atoms with Gasteiger partial charge in [-0.3, -0.25) is 0 Å². The molecule has 1 N–H and O–H groups in total. The number of nitrogens with zero attached hydrogens (tertiary/aromatic N) is 2. The molecule has 4 heteroatoms. The Labute approximate surface area is 120 Å². The van der Waals surface area contributed by atoms with Gasteiger partial charge in [0.05, 0.1) is 12.2 Å². The zero-order valence-corrected chi connectivity index (χ0v) is 13.3. The maximum Gasteiger partial charge on any atom is 0.372 e. The molecule has 0 radical (unpaired) electrons. The molecule has 1 aromatic rings. The molecule has 0 unspecified atom stereocenters. The lowest BCUT2D eigenvalue weighted by Gasteiger charge is -2.40. The second kappa shape index (κ2) is 3.98. The largest absolute Gasteiger partial charge is 0.459 e. The molecule has 0 aliphatic carbocycles. The van der Waals surface area contributed by atoms with Crippen LogP contribution >= 0.6 is 0 Å². The first-order valence-electron chi connectivity index (χ1n) is 7.39. The Morgan fingerprint density at radius 2 is 1.85 bits per heavy atom. The quantitative estimate of drug-likeness (QED) is 0.781. The van der Waals surface area contributed by atoms with Gasteiger partial charge in [0.25, 0.3) is 0 Å². The van der Waals surface area contributed by atoms with Gasteiger partial charge in [-0.1, -0.05) is 0 Å². The summed E-state index contributed by atoms with van der Waals surface area (Å²) in [5.41, 5.74) is 8.53. The topological polar surface area (TPSA) is 28.2 Å². The van der Waals surface area contributed by atoms with Gasteiger partial charge in [0.1, 0.15) is 5.71 Å². The molecule has 0 bridgehead atoms. The van der Waals surface area contributed by atoms with Gasteiger partial charge in [-0.25, -0.2) is 0 Å². The standard InChI is InChI=1S/C16H23BN2O/c1-10-7-12(3)18-15(10)14(9-20)16-11(2)8-13(4)19(16)17(18,5)6/h7-8,20H,9H2,1-6H3. The van der Waals surface area contributed by atoms with E-state index < -0.39 is 6.42 Å². The average molecular weight is 270 g/mol. The highest BCUT2D eigenvalue weighted by molar-refractivity contribution is 6.69. The summed E-state index contributed by atoms with van der Waals surface area (Å²) in [5, 5.41) is 9.97. The molecular weight excluding hydrogens is 247 g/mol. The van der Waals surface area contributed by atoms with E-state index >= 15 is 0 Å². The van der Waals surface area contributed by atoms with Crippen molar-refractivity contribution in [3.63, 3.8) is 0 Å². The number of allylic oxidation sites excluding steroid dienone is 2. The van der Waals surface area contributed by atoms with E-state index in [-0.39, 0.29) is 6.61 Å². The number of rotatable bonds is 1. The van der Waals surface area contributed by atoms with Crippen LogP contribution in [-0.2, 0) is 0 Å². The van der Waals surface area contributed by atoms with Gasteiger partial charge >= 0.3 is 6.42 Å². The minimum atomic E-state index is -0.910. The van der Waals surface area contributed by atoms with Crippen LogP contribution in [0, 0.1) is 13.8 Å². The minimum Gasteiger partial charge on any atom is -0.459 e. The number of aromatic nitrogens is 1. The lowest BCUT2D eigenvalue weighted by atomic mass is 9.48. The summed E-state index contributed by atoms with van der Waals surface area (Å²) in [7, 11) is 0. The molecule has 2 aliphatic heterocycles. The van der Waals surface area contributed by atoms with Crippen molar-refractivity contribution in [2.24, 2.45) is 0 Å². The lowest BCUT2D eigenvalue weighted by molar-refractivity contribution is -0.336. The molecule has 1 aromatic heterocycles. The summed E-state index contributed by atoms with van der Waals surface area (Å²) in [5.74, 6) is 0. The van der Waals surface area contributed by atoms with Gasteiger partial charge in [-0.05, 0) is 38.1 Å². The van der Waals surface area contributed by atoms with Gasteiger partial charge < -0.3 is 14.1 Å². The van der Waals surface area contributed by atoms with Crippen molar-refractivity contribution >= 4 is 17.7 Å². The van der Waals surface area contributed by atoms with Crippen molar-refractivity contribution in [3.05, 3.63) is 40.4 Å². The Morgan fingerprint density at radius 3 is 2.45 bits per heavy atom. The second-order valence-corrected chi connectivity index (χ2v) is 6.74. The summed E-state index contributed by atoms with van der Waals surface area (Å²) in [6, 6.07) is 2.23. The highest BCUT2D eigenvalue weighted by Crippen LogP contribution is 2.39. The van der Waals surface area contributed by atoms with E-state index in [0.29, 0.717) is 0 Å². The third-order valence-electron chi connectivity index (χ3n) is 4.83. The maximum atomic E-state index is 9.97. The molecular formula is C16H23BN2O. The average Bonchev–Trinajstić information content (AvgIpc) is 2.79. The Balaban J connectivity index is 2.48. The minimum absolute atomic E-state index is 0.0841. The smallest absolute Gasteiger partial charge is 0.372 e. The van der Waals surface area contributed by atoms with Crippen LogP contribution in [0.3, 0.4) is 0 Å². The monoisotopic (exact) mass is 270 g/mol. The van der Waals surface area contributed by atoms with E-state index in [0.717, 1.165) is 5.57 Å². The molecule has 3 heterocycles. The fraction of sp³-hybridized carbons (Fsp3) is 0.438. The van der Waals surface area contributed by atoms with Gasteiger partial charge in [-0.15, -0.1) is 13.6 Å². The zero-order chi connectivity index (χ0) is 14.8. The summed E-state index contributed by atoms with van der Waals surface area (Å²) >= 11 is 0. The van der Waals surface area contributed by atoms with E-state index in [9.17, 15) is 5.11 Å². The first-order chi connectivity index (χ1) is 9.30. The Bertz CT molecular complexity index is 717. The fourth-order valence-electron chi connectivity index (χ4n) is 4.41. The van der Waals surface area contributed by atoms with Crippen LogP contribution in [0.4, 0.5) is 0 Å². The van der Waals surface area contributed by atoms with Gasteiger partial charge in [0, 0.05) is 24.3 Å². The second-order valence-electron chi connectivity index (χ2n) is 6.74. The molecule has 0 aromatic carbocycles. The molecule has 0 spiro atoms. The molecule has 106 valence electrons. The molecule has 2 aliphatic rings. The van der Waals surface area contributed by atoms with Crippen molar-refractivity contribution in [2.45, 2.75) is 41.3 Å². The molecule has 0 fully saturated rings. The molecule has 3 nitrogen and oxygen atoms in total. The van der Waals surface area contributed by atoms with Gasteiger partial charge in [0.2, 0.25) is 0 Å². The van der Waals surface area contributed by atoms with Crippen LogP contribution in [-0.4, -0.2) is 32.8 Å². The van der Waals surface area contributed by atoms with E-state index in [1.54, 1.807) is 0 Å². The summed E-state index contributed by atoms with van der Waals surface area (Å²) in [6.45, 7) is 13.3. The third kappa shape index (κ3) is 1.43. The van der Waals surface area contributed by atoms with E-state index in [4.69, 9.17) is 0 Å². The first kappa shape index (κ1) is 13.4. The number of aliphatic hydroxyl groups excluding tert-OH is 1. The van der Waals surface area contributed by atoms with Crippen LogP contribution in [0.2, 0.25) is 13.6 Å². The first-order valence-corrected chi connectivity index (χ1v) is 7.39. The van der Waals surface area contributed by atoms with Crippen LogP contribution in [0.1, 0.15) is 30.8 Å². The molecule has 0 saturated carbocycles. The van der Waals surface area contributed by atoms with Crippen LogP contribution < -0.4 is 0 Å².